The van der Waals surface area contributed by atoms with E-state index < -0.39 is 0 Å². The van der Waals surface area contributed by atoms with Crippen molar-refractivity contribution in [2.75, 3.05) is 20.1 Å². The highest BCUT2D eigenvalue weighted by molar-refractivity contribution is 14.1. The molecular formula is C15H30IN. The highest BCUT2D eigenvalue weighted by Crippen LogP contribution is 2.31. The Bertz CT molecular complexity index is 191. The van der Waals surface area contributed by atoms with Crippen LogP contribution in [0.25, 0.3) is 0 Å². The molecule has 0 amide bonds. The number of nitrogens with zero attached hydrogens (tertiary/aromatic N) is 1. The number of rotatable bonds is 0. The van der Waals surface area contributed by atoms with E-state index in [0.29, 0.717) is 3.42 Å². The third kappa shape index (κ3) is 8.41. The van der Waals surface area contributed by atoms with Crippen molar-refractivity contribution in [3.8, 4) is 0 Å². The van der Waals surface area contributed by atoms with E-state index in [-0.39, 0.29) is 0 Å². The van der Waals surface area contributed by atoms with Crippen LogP contribution in [0.4, 0.5) is 0 Å². The predicted molar refractivity (Wildman–Crippen MR) is 86.1 cm³/mol. The minimum Gasteiger partial charge on any atom is -0.306 e. The molecule has 0 N–H and O–H groups in total. The zero-order valence-electron chi connectivity index (χ0n) is 11.8. The van der Waals surface area contributed by atoms with Crippen LogP contribution in [-0.2, 0) is 0 Å². The predicted octanol–water partition coefficient (Wildman–Crippen LogP) is 5.03. The van der Waals surface area contributed by atoms with Crippen molar-refractivity contribution in [2.45, 2.75) is 74.6 Å². The molecule has 0 bridgehead atoms. The minimum atomic E-state index is 0.556. The van der Waals surface area contributed by atoms with Crippen LogP contribution in [0.15, 0.2) is 0 Å². The first-order chi connectivity index (χ1) is 8.10. The summed E-state index contributed by atoms with van der Waals surface area (Å²) in [6.07, 6.45) is 14.3. The maximum absolute atomic E-state index is 2.69. The molecule has 1 unspecified atom stereocenters. The molecule has 0 spiro atoms. The SMILES string of the molecule is CN1CCCCCCCCC(C)(I)CCCC1. The molecule has 0 aliphatic carbocycles. The first-order valence-electron chi connectivity index (χ1n) is 7.48. The lowest BCUT2D eigenvalue weighted by Crippen LogP contribution is -2.22. The van der Waals surface area contributed by atoms with Gasteiger partial charge in [-0.25, -0.2) is 0 Å². The molecule has 1 nitrogen and oxygen atoms in total. The zero-order chi connectivity index (χ0) is 12.6. The lowest BCUT2D eigenvalue weighted by molar-refractivity contribution is 0.310. The Kier molecular flexibility index (Phi) is 8.09. The summed E-state index contributed by atoms with van der Waals surface area (Å²) in [6.45, 7) is 5.05. The summed E-state index contributed by atoms with van der Waals surface area (Å²) in [5.74, 6) is 0. The molecule has 0 aromatic carbocycles. The first kappa shape index (κ1) is 15.7. The summed E-state index contributed by atoms with van der Waals surface area (Å²) in [5.41, 5.74) is 0. The van der Waals surface area contributed by atoms with Gasteiger partial charge in [0.25, 0.3) is 0 Å². The second-order valence-corrected chi connectivity index (χ2v) is 8.65. The van der Waals surface area contributed by atoms with Crippen LogP contribution in [0.3, 0.4) is 0 Å². The molecule has 2 heteroatoms. The fraction of sp³-hybridized carbons (Fsp3) is 1.00. The molecule has 0 radical (unpaired) electrons. The molecule has 1 aliphatic heterocycles. The molecule has 17 heavy (non-hydrogen) atoms. The average molecular weight is 351 g/mol. The first-order valence-corrected chi connectivity index (χ1v) is 8.55. The Morgan fingerprint density at radius 3 is 1.82 bits per heavy atom. The monoisotopic (exact) mass is 351 g/mol. The van der Waals surface area contributed by atoms with Crippen molar-refractivity contribution in [3.63, 3.8) is 0 Å². The Labute approximate surface area is 122 Å². The van der Waals surface area contributed by atoms with Crippen LogP contribution in [0.5, 0.6) is 0 Å². The maximum atomic E-state index is 2.69. The van der Waals surface area contributed by atoms with Crippen LogP contribution in [0, 0.1) is 0 Å². The van der Waals surface area contributed by atoms with Gasteiger partial charge in [0.2, 0.25) is 0 Å². The van der Waals surface area contributed by atoms with Gasteiger partial charge in [0, 0.05) is 3.42 Å². The van der Waals surface area contributed by atoms with Crippen molar-refractivity contribution >= 4 is 22.6 Å². The van der Waals surface area contributed by atoms with Crippen LogP contribution in [-0.4, -0.2) is 28.5 Å². The summed E-state index contributed by atoms with van der Waals surface area (Å²) >= 11 is 2.69. The van der Waals surface area contributed by atoms with Crippen molar-refractivity contribution in [1.29, 1.82) is 0 Å². The Morgan fingerprint density at radius 1 is 0.765 bits per heavy atom. The molecule has 1 heterocycles. The molecule has 0 aromatic rings. The number of alkyl halides is 1. The maximum Gasteiger partial charge on any atom is 0.0194 e. The molecule has 1 saturated heterocycles. The Balaban J connectivity index is 2.30. The molecule has 0 saturated carbocycles. The third-order valence-corrected chi connectivity index (χ3v) is 5.05. The molecule has 1 rings (SSSR count). The van der Waals surface area contributed by atoms with Crippen molar-refractivity contribution in [3.05, 3.63) is 0 Å². The standard InChI is InChI=1S/C15H30IN/c1-15(16)11-7-5-3-4-6-9-13-17(2)14-10-8-12-15/h3-14H2,1-2H3. The largest absolute Gasteiger partial charge is 0.306 e. The highest BCUT2D eigenvalue weighted by atomic mass is 127. The second-order valence-electron chi connectivity index (χ2n) is 6.05. The van der Waals surface area contributed by atoms with E-state index in [9.17, 15) is 0 Å². The minimum absolute atomic E-state index is 0.556. The van der Waals surface area contributed by atoms with Gasteiger partial charge in [-0.3, -0.25) is 0 Å². The smallest absolute Gasteiger partial charge is 0.0194 e. The second kappa shape index (κ2) is 8.73. The van der Waals surface area contributed by atoms with Crippen molar-refractivity contribution in [2.24, 2.45) is 0 Å². The average Bonchev–Trinajstić information content (AvgIpc) is 2.27. The molecule has 1 aliphatic rings. The quantitative estimate of drug-likeness (QED) is 0.437. The van der Waals surface area contributed by atoms with Gasteiger partial charge >= 0.3 is 0 Å². The Hall–Kier alpha value is 0.690. The molecular weight excluding hydrogens is 321 g/mol. The molecule has 0 aromatic heterocycles. The Morgan fingerprint density at radius 2 is 1.18 bits per heavy atom. The van der Waals surface area contributed by atoms with Gasteiger partial charge in [0.1, 0.15) is 0 Å². The fourth-order valence-electron chi connectivity index (χ4n) is 2.69. The van der Waals surface area contributed by atoms with Crippen molar-refractivity contribution in [1.82, 2.24) is 4.90 Å². The lowest BCUT2D eigenvalue weighted by atomic mass is 9.96. The molecule has 102 valence electrons. The van der Waals surface area contributed by atoms with E-state index in [2.05, 4.69) is 41.5 Å². The van der Waals surface area contributed by atoms with Gasteiger partial charge in [0.05, 0.1) is 0 Å². The summed E-state index contributed by atoms with van der Waals surface area (Å²) < 4.78 is 0.556. The van der Waals surface area contributed by atoms with Crippen LogP contribution >= 0.6 is 22.6 Å². The van der Waals surface area contributed by atoms with E-state index in [0.717, 1.165) is 0 Å². The highest BCUT2D eigenvalue weighted by Gasteiger charge is 2.18. The van der Waals surface area contributed by atoms with Gasteiger partial charge in [-0.05, 0) is 45.8 Å². The third-order valence-electron chi connectivity index (χ3n) is 3.98. The number of halogens is 1. The van der Waals surface area contributed by atoms with E-state index in [4.69, 9.17) is 0 Å². The van der Waals surface area contributed by atoms with Gasteiger partial charge in [-0.15, -0.1) is 0 Å². The zero-order valence-corrected chi connectivity index (χ0v) is 14.0. The fourth-order valence-corrected chi connectivity index (χ4v) is 3.46. The van der Waals surface area contributed by atoms with Gasteiger partial charge in [-0.1, -0.05) is 68.0 Å². The van der Waals surface area contributed by atoms with Crippen LogP contribution < -0.4 is 0 Å². The van der Waals surface area contributed by atoms with Gasteiger partial charge in [-0.2, -0.15) is 0 Å². The molecule has 1 fully saturated rings. The van der Waals surface area contributed by atoms with E-state index >= 15 is 0 Å². The summed E-state index contributed by atoms with van der Waals surface area (Å²) in [6, 6.07) is 0. The van der Waals surface area contributed by atoms with Crippen molar-refractivity contribution < 1.29 is 0 Å². The van der Waals surface area contributed by atoms with Crippen LogP contribution in [0.2, 0.25) is 0 Å². The topological polar surface area (TPSA) is 3.24 Å². The van der Waals surface area contributed by atoms with Gasteiger partial charge in [0.15, 0.2) is 0 Å². The van der Waals surface area contributed by atoms with Gasteiger partial charge < -0.3 is 4.90 Å². The normalized spacial score (nSPS) is 31.9. The molecule has 1 atom stereocenters. The number of hydrogen-bond acceptors (Lipinski definition) is 1. The van der Waals surface area contributed by atoms with E-state index in [1.165, 1.54) is 77.3 Å². The van der Waals surface area contributed by atoms with Crippen LogP contribution in [0.1, 0.15) is 71.1 Å². The lowest BCUT2D eigenvalue weighted by Gasteiger charge is -2.24. The van der Waals surface area contributed by atoms with E-state index in [1.807, 2.05) is 0 Å². The number of hydrogen-bond donors (Lipinski definition) is 0. The summed E-state index contributed by atoms with van der Waals surface area (Å²) in [4.78, 5) is 2.52. The summed E-state index contributed by atoms with van der Waals surface area (Å²) in [5, 5.41) is 0. The van der Waals surface area contributed by atoms with E-state index in [1.54, 1.807) is 0 Å². The summed E-state index contributed by atoms with van der Waals surface area (Å²) in [7, 11) is 2.29.